The molecule has 1 saturated heterocycles. The molecule has 1 aromatic carbocycles. The summed E-state index contributed by atoms with van der Waals surface area (Å²) < 4.78 is 4.48. The van der Waals surface area contributed by atoms with Gasteiger partial charge in [0, 0.05) is 12.7 Å². The zero-order valence-electron chi connectivity index (χ0n) is 11.8. The highest BCUT2D eigenvalue weighted by Gasteiger charge is 2.28. The number of piperazine rings is 1. The fourth-order valence-corrected chi connectivity index (χ4v) is 2.06. The van der Waals surface area contributed by atoms with Gasteiger partial charge in [-0.25, -0.2) is 4.79 Å². The smallest absolute Gasteiger partial charge is 0.339 e. The van der Waals surface area contributed by atoms with Gasteiger partial charge in [-0.3, -0.25) is 14.5 Å². The highest BCUT2D eigenvalue weighted by Crippen LogP contribution is 2.23. The van der Waals surface area contributed by atoms with Crippen molar-refractivity contribution in [3.8, 4) is 0 Å². The van der Waals surface area contributed by atoms with Crippen LogP contribution in [-0.2, 0) is 19.1 Å². The summed E-state index contributed by atoms with van der Waals surface area (Å²) in [6, 6.07) is 6.49. The fourth-order valence-electron chi connectivity index (χ4n) is 2.06. The summed E-state index contributed by atoms with van der Waals surface area (Å²) >= 11 is 0. The second-order valence-corrected chi connectivity index (χ2v) is 4.72. The summed E-state index contributed by atoms with van der Waals surface area (Å²) in [7, 11) is 2.63. The number of rotatable bonds is 3. The molecule has 1 fully saturated rings. The Morgan fingerprint density at radius 1 is 1.29 bits per heavy atom. The van der Waals surface area contributed by atoms with E-state index in [2.05, 4.69) is 4.74 Å². The minimum Gasteiger partial charge on any atom is -0.467 e. The summed E-state index contributed by atoms with van der Waals surface area (Å²) in [5.74, 6) is -1.37. The van der Waals surface area contributed by atoms with Crippen molar-refractivity contribution in [1.29, 1.82) is 0 Å². The largest absolute Gasteiger partial charge is 0.467 e. The number of amides is 2. The molecule has 1 unspecified atom stereocenters. The number of likely N-dealkylation sites (N-methyl/N-ethyl adjacent to an activating group) is 1. The summed E-state index contributed by atoms with van der Waals surface area (Å²) in [5.41, 5.74) is 0.934. The van der Waals surface area contributed by atoms with E-state index in [1.165, 1.54) is 14.2 Å². The fraction of sp³-hybridized carbons (Fsp3) is 0.357. The first-order chi connectivity index (χ1) is 9.93. The SMILES string of the molecule is COC(=O)C(O)c1cccc(N2CC(=O)N(C)C(=O)C2)c1. The molecule has 0 aromatic heterocycles. The molecule has 0 bridgehead atoms. The first kappa shape index (κ1) is 15.0. The van der Waals surface area contributed by atoms with Gasteiger partial charge < -0.3 is 14.7 Å². The van der Waals surface area contributed by atoms with Gasteiger partial charge in [0.05, 0.1) is 20.2 Å². The van der Waals surface area contributed by atoms with Gasteiger partial charge in [0.2, 0.25) is 11.8 Å². The number of methoxy groups -OCH3 is 1. The van der Waals surface area contributed by atoms with Crippen LogP contribution in [0.1, 0.15) is 11.7 Å². The van der Waals surface area contributed by atoms with Crippen molar-refractivity contribution >= 4 is 23.5 Å². The summed E-state index contributed by atoms with van der Waals surface area (Å²) in [4.78, 5) is 37.4. The predicted molar refractivity (Wildman–Crippen MR) is 73.4 cm³/mol. The first-order valence-electron chi connectivity index (χ1n) is 6.34. The van der Waals surface area contributed by atoms with Crippen LogP contribution in [0.5, 0.6) is 0 Å². The van der Waals surface area contributed by atoms with Crippen LogP contribution in [0.3, 0.4) is 0 Å². The van der Waals surface area contributed by atoms with E-state index in [9.17, 15) is 19.5 Å². The first-order valence-corrected chi connectivity index (χ1v) is 6.34. The predicted octanol–water partition coefficient (Wildman–Crippen LogP) is -0.302. The third-order valence-electron chi connectivity index (χ3n) is 3.38. The number of ether oxygens (including phenoxy) is 1. The van der Waals surface area contributed by atoms with Crippen LogP contribution in [0.4, 0.5) is 5.69 Å². The molecular weight excluding hydrogens is 276 g/mol. The molecule has 0 aliphatic carbocycles. The third kappa shape index (κ3) is 3.03. The van der Waals surface area contributed by atoms with Crippen LogP contribution < -0.4 is 4.90 Å². The van der Waals surface area contributed by atoms with E-state index in [1.54, 1.807) is 29.2 Å². The monoisotopic (exact) mass is 292 g/mol. The maximum atomic E-state index is 11.7. The minimum absolute atomic E-state index is 0.0695. The molecule has 112 valence electrons. The van der Waals surface area contributed by atoms with E-state index >= 15 is 0 Å². The van der Waals surface area contributed by atoms with Gasteiger partial charge in [-0.15, -0.1) is 0 Å². The van der Waals surface area contributed by atoms with E-state index < -0.39 is 12.1 Å². The van der Waals surface area contributed by atoms with Crippen LogP contribution in [0.2, 0.25) is 0 Å². The lowest BCUT2D eigenvalue weighted by molar-refractivity contribution is -0.150. The lowest BCUT2D eigenvalue weighted by Crippen LogP contribution is -2.52. The lowest BCUT2D eigenvalue weighted by atomic mass is 10.1. The van der Waals surface area contributed by atoms with Gasteiger partial charge >= 0.3 is 5.97 Å². The molecule has 1 aliphatic heterocycles. The van der Waals surface area contributed by atoms with Crippen molar-refractivity contribution in [3.05, 3.63) is 29.8 Å². The van der Waals surface area contributed by atoms with Crippen molar-refractivity contribution < 1.29 is 24.2 Å². The van der Waals surface area contributed by atoms with Gasteiger partial charge in [0.15, 0.2) is 6.10 Å². The number of imide groups is 1. The molecule has 1 heterocycles. The van der Waals surface area contributed by atoms with Crippen LogP contribution in [0.25, 0.3) is 0 Å². The standard InChI is InChI=1S/C14H16N2O5/c1-15-11(17)7-16(8-12(15)18)10-5-3-4-9(6-10)13(19)14(20)21-2/h3-6,13,19H,7-8H2,1-2H3. The van der Waals surface area contributed by atoms with Crippen LogP contribution in [0.15, 0.2) is 24.3 Å². The van der Waals surface area contributed by atoms with Crippen molar-refractivity contribution in [2.75, 3.05) is 32.1 Å². The Morgan fingerprint density at radius 2 is 1.90 bits per heavy atom. The highest BCUT2D eigenvalue weighted by atomic mass is 16.5. The van der Waals surface area contributed by atoms with Gasteiger partial charge in [0.1, 0.15) is 0 Å². The van der Waals surface area contributed by atoms with Crippen LogP contribution in [-0.4, -0.2) is 55.0 Å². The van der Waals surface area contributed by atoms with Gasteiger partial charge in [-0.1, -0.05) is 12.1 Å². The number of esters is 1. The molecule has 1 aliphatic rings. The molecule has 21 heavy (non-hydrogen) atoms. The molecule has 7 nitrogen and oxygen atoms in total. The Morgan fingerprint density at radius 3 is 2.48 bits per heavy atom. The maximum Gasteiger partial charge on any atom is 0.339 e. The Hall–Kier alpha value is -2.41. The highest BCUT2D eigenvalue weighted by molar-refractivity contribution is 6.02. The lowest BCUT2D eigenvalue weighted by Gasteiger charge is -2.32. The topological polar surface area (TPSA) is 87.2 Å². The van der Waals surface area contributed by atoms with Gasteiger partial charge in [-0.05, 0) is 17.7 Å². The molecule has 0 spiro atoms. The zero-order chi connectivity index (χ0) is 15.6. The second kappa shape index (κ2) is 5.92. The molecule has 2 amide bonds. The normalized spacial score (nSPS) is 16.9. The van der Waals surface area contributed by atoms with Crippen molar-refractivity contribution in [3.63, 3.8) is 0 Å². The summed E-state index contributed by atoms with van der Waals surface area (Å²) in [6.07, 6.45) is -1.39. The summed E-state index contributed by atoms with van der Waals surface area (Å²) in [6.45, 7) is 0.139. The molecule has 0 radical (unpaired) electrons. The Kier molecular flexibility index (Phi) is 4.23. The van der Waals surface area contributed by atoms with Crippen molar-refractivity contribution in [1.82, 2.24) is 4.90 Å². The van der Waals surface area contributed by atoms with Gasteiger partial charge in [0.25, 0.3) is 0 Å². The third-order valence-corrected chi connectivity index (χ3v) is 3.38. The van der Waals surface area contributed by atoms with E-state index in [4.69, 9.17) is 0 Å². The van der Waals surface area contributed by atoms with E-state index in [-0.39, 0.29) is 24.9 Å². The minimum atomic E-state index is -1.39. The second-order valence-electron chi connectivity index (χ2n) is 4.72. The number of benzene rings is 1. The molecule has 1 atom stereocenters. The molecule has 7 heteroatoms. The average Bonchev–Trinajstić information content (AvgIpc) is 2.50. The Labute approximate surface area is 121 Å². The van der Waals surface area contributed by atoms with E-state index in [1.807, 2.05) is 0 Å². The van der Waals surface area contributed by atoms with Crippen molar-refractivity contribution in [2.45, 2.75) is 6.10 Å². The molecular formula is C14H16N2O5. The average molecular weight is 292 g/mol. The molecule has 1 N–H and O–H groups in total. The van der Waals surface area contributed by atoms with Crippen LogP contribution in [0, 0.1) is 0 Å². The van der Waals surface area contributed by atoms with Gasteiger partial charge in [-0.2, -0.15) is 0 Å². The number of aliphatic hydroxyl groups is 1. The maximum absolute atomic E-state index is 11.7. The molecule has 0 saturated carbocycles. The number of hydrogen-bond acceptors (Lipinski definition) is 6. The number of carbonyl (C=O) groups is 3. The zero-order valence-corrected chi connectivity index (χ0v) is 11.8. The van der Waals surface area contributed by atoms with E-state index in [0.717, 1.165) is 4.90 Å². The number of aliphatic hydroxyl groups excluding tert-OH is 1. The quantitative estimate of drug-likeness (QED) is 0.608. The van der Waals surface area contributed by atoms with Crippen LogP contribution >= 0.6 is 0 Å². The number of hydrogen-bond donors (Lipinski definition) is 1. The Balaban J connectivity index is 2.23. The molecule has 2 rings (SSSR count). The number of nitrogens with zero attached hydrogens (tertiary/aromatic N) is 2. The van der Waals surface area contributed by atoms with Crippen molar-refractivity contribution in [2.24, 2.45) is 0 Å². The number of carbonyl (C=O) groups excluding carboxylic acids is 3. The molecule has 1 aromatic rings. The number of anilines is 1. The van der Waals surface area contributed by atoms with E-state index in [0.29, 0.717) is 11.3 Å². The summed E-state index contributed by atoms with van der Waals surface area (Å²) in [5, 5.41) is 9.82. The Bertz CT molecular complexity index is 568.